The summed E-state index contributed by atoms with van der Waals surface area (Å²) in [4.78, 5) is 10.6. The van der Waals surface area contributed by atoms with E-state index in [0.29, 0.717) is 0 Å². The van der Waals surface area contributed by atoms with E-state index in [2.05, 4.69) is 0 Å². The van der Waals surface area contributed by atoms with Crippen LogP contribution in [-0.2, 0) is 4.79 Å². The van der Waals surface area contributed by atoms with E-state index in [1.165, 1.54) is 20.3 Å². The van der Waals surface area contributed by atoms with Crippen LogP contribution < -0.4 is 15.2 Å². The molecule has 0 heterocycles. The molecule has 0 fully saturated rings. The second-order valence-corrected chi connectivity index (χ2v) is 3.93. The van der Waals surface area contributed by atoms with E-state index in [4.69, 9.17) is 31.9 Å². The Hall–Kier alpha value is -1.53. The normalized spacial score (nSPS) is 12.1. The monoisotopic (exact) mass is 277 g/mol. The van der Waals surface area contributed by atoms with Crippen molar-refractivity contribution in [2.45, 2.75) is 12.5 Å². The molecule has 1 unspecified atom stereocenters. The average molecular weight is 278 g/mol. The van der Waals surface area contributed by atoms with Crippen molar-refractivity contribution in [2.75, 3.05) is 14.2 Å². The summed E-state index contributed by atoms with van der Waals surface area (Å²) in [6.07, 6.45) is -0.448. The predicted octanol–water partition coefficient (Wildman–Crippen LogP) is 1.97. The van der Waals surface area contributed by atoms with E-state index in [1.54, 1.807) is 0 Å². The number of carboxylic acid groups (broad SMARTS) is 1. The van der Waals surface area contributed by atoms with Gasteiger partial charge in [-0.2, -0.15) is 0 Å². The van der Waals surface area contributed by atoms with Crippen LogP contribution in [0.3, 0.4) is 0 Å². The first kappa shape index (κ1) is 14.5. The smallest absolute Gasteiger partial charge is 0.305 e. The van der Waals surface area contributed by atoms with Gasteiger partial charge in [0.05, 0.1) is 31.2 Å². The van der Waals surface area contributed by atoms with Gasteiger partial charge in [0.15, 0.2) is 17.3 Å². The molecule has 0 spiro atoms. The Morgan fingerprint density at radius 1 is 1.56 bits per heavy atom. The largest absolute Gasteiger partial charge is 0.493 e. The Labute approximate surface area is 108 Å². The maximum atomic E-state index is 13.9. The van der Waals surface area contributed by atoms with Crippen molar-refractivity contribution in [3.8, 4) is 11.5 Å². The highest BCUT2D eigenvalue weighted by atomic mass is 35.5. The van der Waals surface area contributed by atoms with E-state index in [9.17, 15) is 9.18 Å². The number of halogens is 2. The molecule has 3 N–H and O–H groups in total. The van der Waals surface area contributed by atoms with Crippen LogP contribution in [0.25, 0.3) is 0 Å². The van der Waals surface area contributed by atoms with E-state index < -0.39 is 24.2 Å². The van der Waals surface area contributed by atoms with Gasteiger partial charge in [-0.05, 0) is 0 Å². The SMILES string of the molecule is COc1cc(Cl)c(F)c(C(N)CC(=O)O)c1OC. The van der Waals surface area contributed by atoms with Crippen molar-refractivity contribution in [1.82, 2.24) is 0 Å². The van der Waals surface area contributed by atoms with Crippen LogP contribution in [0.5, 0.6) is 11.5 Å². The third kappa shape index (κ3) is 2.83. The number of benzene rings is 1. The van der Waals surface area contributed by atoms with E-state index in [1.807, 2.05) is 0 Å². The number of aliphatic carboxylic acids is 1. The number of carbonyl (C=O) groups is 1. The molecule has 0 saturated heterocycles. The average Bonchev–Trinajstić information content (AvgIpc) is 2.30. The van der Waals surface area contributed by atoms with Gasteiger partial charge in [-0.1, -0.05) is 11.6 Å². The molecular formula is C11H13ClFNO4. The van der Waals surface area contributed by atoms with Crippen molar-refractivity contribution in [1.29, 1.82) is 0 Å². The fraction of sp³-hybridized carbons (Fsp3) is 0.364. The summed E-state index contributed by atoms with van der Waals surface area (Å²) < 4.78 is 23.9. The lowest BCUT2D eigenvalue weighted by Crippen LogP contribution is -2.18. The molecule has 7 heteroatoms. The van der Waals surface area contributed by atoms with E-state index in [0.717, 1.165) is 0 Å². The second-order valence-electron chi connectivity index (χ2n) is 3.53. The molecule has 0 saturated carbocycles. The van der Waals surface area contributed by atoms with Crippen LogP contribution in [0, 0.1) is 5.82 Å². The van der Waals surface area contributed by atoms with Gasteiger partial charge in [-0.25, -0.2) is 4.39 Å². The van der Waals surface area contributed by atoms with Crippen LogP contribution in [0.1, 0.15) is 18.0 Å². The van der Waals surface area contributed by atoms with Gasteiger partial charge in [-0.3, -0.25) is 4.79 Å². The summed E-state index contributed by atoms with van der Waals surface area (Å²) in [6.45, 7) is 0. The molecule has 0 aromatic heterocycles. The van der Waals surface area contributed by atoms with Crippen LogP contribution in [-0.4, -0.2) is 25.3 Å². The van der Waals surface area contributed by atoms with Crippen LogP contribution in [0.2, 0.25) is 5.02 Å². The van der Waals surface area contributed by atoms with Gasteiger partial charge in [0.2, 0.25) is 0 Å². The highest BCUT2D eigenvalue weighted by Crippen LogP contribution is 2.40. The Morgan fingerprint density at radius 3 is 2.61 bits per heavy atom. The molecule has 1 rings (SSSR count). The molecule has 0 aliphatic heterocycles. The highest BCUT2D eigenvalue weighted by Gasteiger charge is 2.25. The molecule has 0 radical (unpaired) electrons. The van der Waals surface area contributed by atoms with Gasteiger partial charge >= 0.3 is 5.97 Å². The summed E-state index contributed by atoms with van der Waals surface area (Å²) in [5.74, 6) is -1.71. The summed E-state index contributed by atoms with van der Waals surface area (Å²) in [5, 5.41) is 8.48. The minimum absolute atomic E-state index is 0.0492. The predicted molar refractivity (Wildman–Crippen MR) is 63.7 cm³/mol. The first-order valence-electron chi connectivity index (χ1n) is 4.99. The fourth-order valence-electron chi connectivity index (χ4n) is 1.59. The topological polar surface area (TPSA) is 81.8 Å². The Kier molecular flexibility index (Phi) is 4.75. The number of hydrogen-bond acceptors (Lipinski definition) is 4. The number of methoxy groups -OCH3 is 2. The molecule has 1 aromatic rings. The van der Waals surface area contributed by atoms with Crippen LogP contribution in [0.15, 0.2) is 6.07 Å². The Balaban J connectivity index is 3.38. The maximum Gasteiger partial charge on any atom is 0.305 e. The first-order valence-corrected chi connectivity index (χ1v) is 5.37. The zero-order chi connectivity index (χ0) is 13.9. The molecule has 1 aromatic carbocycles. The third-order valence-electron chi connectivity index (χ3n) is 2.36. The lowest BCUT2D eigenvalue weighted by atomic mass is 10.0. The van der Waals surface area contributed by atoms with E-state index in [-0.39, 0.29) is 22.1 Å². The molecular weight excluding hydrogens is 265 g/mol. The van der Waals surface area contributed by atoms with Crippen LogP contribution in [0.4, 0.5) is 4.39 Å². The highest BCUT2D eigenvalue weighted by molar-refractivity contribution is 6.31. The third-order valence-corrected chi connectivity index (χ3v) is 2.64. The van der Waals surface area contributed by atoms with Crippen molar-refractivity contribution in [3.63, 3.8) is 0 Å². The zero-order valence-electron chi connectivity index (χ0n) is 9.87. The Morgan fingerprint density at radius 2 is 2.17 bits per heavy atom. The standard InChI is InChI=1S/C11H13ClFNO4/c1-17-7-3-5(12)10(13)9(11(7)18-2)6(14)4-8(15)16/h3,6H,4,14H2,1-2H3,(H,15,16). The molecule has 1 atom stereocenters. The van der Waals surface area contributed by atoms with Crippen molar-refractivity contribution in [2.24, 2.45) is 5.73 Å². The lowest BCUT2D eigenvalue weighted by molar-refractivity contribution is -0.137. The molecule has 0 aliphatic carbocycles. The summed E-state index contributed by atoms with van der Waals surface area (Å²) >= 11 is 5.69. The minimum atomic E-state index is -1.15. The first-order chi connectivity index (χ1) is 8.42. The van der Waals surface area contributed by atoms with Gasteiger partial charge in [-0.15, -0.1) is 0 Å². The minimum Gasteiger partial charge on any atom is -0.493 e. The van der Waals surface area contributed by atoms with Crippen molar-refractivity contribution in [3.05, 3.63) is 22.5 Å². The molecule has 18 heavy (non-hydrogen) atoms. The van der Waals surface area contributed by atoms with Gasteiger partial charge in [0.1, 0.15) is 0 Å². The molecule has 0 aliphatic rings. The number of ether oxygens (including phenoxy) is 2. The number of nitrogens with two attached hydrogens (primary N) is 1. The molecule has 5 nitrogen and oxygen atoms in total. The number of rotatable bonds is 5. The number of carboxylic acids is 1. The summed E-state index contributed by atoms with van der Waals surface area (Å²) in [5.41, 5.74) is 5.54. The van der Waals surface area contributed by atoms with Gasteiger partial charge in [0, 0.05) is 12.1 Å². The summed E-state index contributed by atoms with van der Waals surface area (Å²) in [6, 6.07) is 0.164. The van der Waals surface area contributed by atoms with Crippen molar-refractivity contribution < 1.29 is 23.8 Å². The lowest BCUT2D eigenvalue weighted by Gasteiger charge is -2.18. The molecule has 100 valence electrons. The second kappa shape index (κ2) is 5.88. The van der Waals surface area contributed by atoms with Gasteiger partial charge < -0.3 is 20.3 Å². The zero-order valence-corrected chi connectivity index (χ0v) is 10.6. The Bertz CT molecular complexity index is 467. The summed E-state index contributed by atoms with van der Waals surface area (Å²) in [7, 11) is 2.67. The van der Waals surface area contributed by atoms with Crippen LogP contribution >= 0.6 is 11.6 Å². The maximum absolute atomic E-state index is 13.9. The fourth-order valence-corrected chi connectivity index (χ4v) is 1.79. The molecule has 0 amide bonds. The van der Waals surface area contributed by atoms with Crippen molar-refractivity contribution >= 4 is 17.6 Å². The van der Waals surface area contributed by atoms with E-state index >= 15 is 0 Å². The quantitative estimate of drug-likeness (QED) is 0.860. The number of hydrogen-bond donors (Lipinski definition) is 2. The van der Waals surface area contributed by atoms with Gasteiger partial charge in [0.25, 0.3) is 0 Å². The molecule has 0 bridgehead atoms.